The maximum atomic E-state index is 13.0. The van der Waals surface area contributed by atoms with Gasteiger partial charge in [-0.15, -0.1) is 0 Å². The van der Waals surface area contributed by atoms with Crippen LogP contribution in [-0.2, 0) is 4.79 Å². The molecular weight excluding hydrogens is 262 g/mol. The van der Waals surface area contributed by atoms with E-state index in [9.17, 15) is 18.4 Å². The van der Waals surface area contributed by atoms with Crippen LogP contribution in [0.15, 0.2) is 0 Å². The van der Waals surface area contributed by atoms with Crippen LogP contribution in [0.1, 0.15) is 19.3 Å². The van der Waals surface area contributed by atoms with Crippen LogP contribution in [0.5, 0.6) is 0 Å². The largest absolute Gasteiger partial charge is 0.480 e. The number of likely N-dealkylation sites (tertiary alicyclic amines) is 2. The summed E-state index contributed by atoms with van der Waals surface area (Å²) in [5.74, 6) is -3.85. The van der Waals surface area contributed by atoms with Crippen molar-refractivity contribution >= 4 is 12.1 Å². The van der Waals surface area contributed by atoms with Crippen molar-refractivity contribution in [3.8, 4) is 0 Å². The van der Waals surface area contributed by atoms with E-state index in [1.807, 2.05) is 0 Å². The van der Waals surface area contributed by atoms with E-state index >= 15 is 0 Å². The Morgan fingerprint density at radius 3 is 2.16 bits per heavy atom. The smallest absolute Gasteiger partial charge is 0.408 e. The third-order valence-corrected chi connectivity index (χ3v) is 3.86. The Kier molecular flexibility index (Phi) is 3.62. The number of carboxylic acids is 1. The molecule has 0 aromatic carbocycles. The summed E-state index contributed by atoms with van der Waals surface area (Å²) in [5.41, 5.74) is 0. The number of rotatable bonds is 2. The average molecular weight is 278 g/mol. The van der Waals surface area contributed by atoms with Crippen molar-refractivity contribution in [1.29, 1.82) is 0 Å². The van der Waals surface area contributed by atoms with Gasteiger partial charge >= 0.3 is 12.1 Å². The Balaban J connectivity index is 2.00. The van der Waals surface area contributed by atoms with E-state index < -0.39 is 24.0 Å². The summed E-state index contributed by atoms with van der Waals surface area (Å²) in [6.45, 7) is 0.423. The Morgan fingerprint density at radius 1 is 1.16 bits per heavy atom. The van der Waals surface area contributed by atoms with Crippen molar-refractivity contribution in [3.63, 3.8) is 0 Å². The van der Waals surface area contributed by atoms with Crippen molar-refractivity contribution in [1.82, 2.24) is 9.80 Å². The van der Waals surface area contributed by atoms with E-state index in [1.54, 1.807) is 4.90 Å². The molecule has 0 aromatic rings. The van der Waals surface area contributed by atoms with Gasteiger partial charge in [-0.3, -0.25) is 9.80 Å². The predicted molar refractivity (Wildman–Crippen MR) is 60.3 cm³/mol. The van der Waals surface area contributed by atoms with Crippen LogP contribution < -0.4 is 0 Å². The summed E-state index contributed by atoms with van der Waals surface area (Å²) in [7, 11) is 0. The molecule has 1 amide bonds. The minimum atomic E-state index is -2.66. The molecule has 108 valence electrons. The number of piperidine rings is 1. The normalized spacial score (nSPS) is 31.4. The van der Waals surface area contributed by atoms with E-state index in [0.717, 1.165) is 4.90 Å². The zero-order chi connectivity index (χ0) is 14.2. The fourth-order valence-electron chi connectivity index (χ4n) is 2.74. The second-order valence-electron chi connectivity index (χ2n) is 5.07. The summed E-state index contributed by atoms with van der Waals surface area (Å²) in [6, 6.07) is -1.36. The number of halogens is 2. The van der Waals surface area contributed by atoms with Gasteiger partial charge in [-0.25, -0.2) is 18.4 Å². The van der Waals surface area contributed by atoms with Gasteiger partial charge in [0, 0.05) is 38.5 Å². The number of alkyl halides is 2. The zero-order valence-electron chi connectivity index (χ0n) is 10.3. The molecule has 19 heavy (non-hydrogen) atoms. The topological polar surface area (TPSA) is 81.1 Å². The molecule has 0 aromatic heterocycles. The number of carbonyl (C=O) groups is 2. The van der Waals surface area contributed by atoms with Gasteiger partial charge in [0.25, 0.3) is 5.92 Å². The van der Waals surface area contributed by atoms with Gasteiger partial charge in [0.15, 0.2) is 0 Å². The molecule has 8 heteroatoms. The molecule has 6 nitrogen and oxygen atoms in total. The summed E-state index contributed by atoms with van der Waals surface area (Å²) in [4.78, 5) is 24.6. The van der Waals surface area contributed by atoms with Crippen LogP contribution in [0.4, 0.5) is 13.6 Å². The highest BCUT2D eigenvalue weighted by atomic mass is 19.3. The molecule has 0 aliphatic carbocycles. The lowest BCUT2D eigenvalue weighted by molar-refractivity contribution is -0.141. The van der Waals surface area contributed by atoms with Crippen molar-refractivity contribution < 1.29 is 28.6 Å². The molecule has 2 fully saturated rings. The first-order chi connectivity index (χ1) is 8.80. The Hall–Kier alpha value is -1.44. The lowest BCUT2D eigenvalue weighted by Crippen LogP contribution is -2.46. The van der Waals surface area contributed by atoms with Crippen molar-refractivity contribution in [2.75, 3.05) is 19.6 Å². The molecule has 2 rings (SSSR count). The molecule has 2 saturated heterocycles. The maximum Gasteiger partial charge on any atom is 0.408 e. The highest BCUT2D eigenvalue weighted by molar-refractivity contribution is 5.80. The molecule has 2 heterocycles. The molecule has 0 unspecified atom stereocenters. The van der Waals surface area contributed by atoms with Gasteiger partial charge in [0.1, 0.15) is 6.04 Å². The van der Waals surface area contributed by atoms with Crippen LogP contribution >= 0.6 is 0 Å². The minimum Gasteiger partial charge on any atom is -0.480 e. The van der Waals surface area contributed by atoms with Crippen molar-refractivity contribution in [2.24, 2.45) is 0 Å². The highest BCUT2D eigenvalue weighted by Gasteiger charge is 2.44. The van der Waals surface area contributed by atoms with E-state index in [1.165, 1.54) is 0 Å². The van der Waals surface area contributed by atoms with Crippen molar-refractivity contribution in [2.45, 2.75) is 37.3 Å². The molecule has 0 bridgehead atoms. The Bertz CT molecular complexity index is 359. The molecule has 0 radical (unpaired) electrons. The number of carboxylic acid groups (broad SMARTS) is 2. The lowest BCUT2D eigenvalue weighted by Gasteiger charge is -2.35. The van der Waals surface area contributed by atoms with E-state index in [-0.39, 0.29) is 44.9 Å². The average Bonchev–Trinajstić information content (AvgIpc) is 2.74. The zero-order valence-corrected chi connectivity index (χ0v) is 10.3. The van der Waals surface area contributed by atoms with Gasteiger partial charge in [-0.05, 0) is 6.42 Å². The first-order valence-corrected chi connectivity index (χ1v) is 6.14. The fourth-order valence-corrected chi connectivity index (χ4v) is 2.74. The highest BCUT2D eigenvalue weighted by Crippen LogP contribution is 2.31. The summed E-state index contributed by atoms with van der Waals surface area (Å²) < 4.78 is 26.1. The van der Waals surface area contributed by atoms with Crippen LogP contribution in [0, 0.1) is 0 Å². The molecule has 2 aliphatic heterocycles. The van der Waals surface area contributed by atoms with Crippen molar-refractivity contribution in [3.05, 3.63) is 0 Å². The lowest BCUT2D eigenvalue weighted by atomic mass is 10.0. The molecule has 0 saturated carbocycles. The van der Waals surface area contributed by atoms with Gasteiger partial charge in [0.05, 0.1) is 0 Å². The predicted octanol–water partition coefficient (Wildman–Crippen LogP) is 0.923. The van der Waals surface area contributed by atoms with E-state index in [0.29, 0.717) is 0 Å². The molecule has 2 N–H and O–H groups in total. The first-order valence-electron chi connectivity index (χ1n) is 6.14. The number of nitrogens with zero attached hydrogens (tertiary/aromatic N) is 2. The van der Waals surface area contributed by atoms with E-state index in [2.05, 4.69) is 0 Å². The van der Waals surface area contributed by atoms with Gasteiger partial charge in [-0.1, -0.05) is 0 Å². The van der Waals surface area contributed by atoms with E-state index in [4.69, 9.17) is 10.2 Å². The van der Waals surface area contributed by atoms with Gasteiger partial charge in [0.2, 0.25) is 0 Å². The van der Waals surface area contributed by atoms with Crippen LogP contribution in [0.25, 0.3) is 0 Å². The Labute approximate surface area is 108 Å². The number of aliphatic carboxylic acids is 1. The summed E-state index contributed by atoms with van der Waals surface area (Å²) in [5, 5.41) is 17.9. The summed E-state index contributed by atoms with van der Waals surface area (Å²) in [6.07, 6.45) is -1.63. The summed E-state index contributed by atoms with van der Waals surface area (Å²) >= 11 is 0. The van der Waals surface area contributed by atoms with Crippen LogP contribution in [-0.4, -0.2) is 69.7 Å². The molecular formula is C11H16F2N2O4. The standard InChI is InChI=1S/C11H16F2N2O4/c12-11(13)1-3-14(4-2-11)7-5-8(9(16)17)15(6-7)10(18)19/h7-8H,1-6H2,(H,16,17)(H,18,19)/t7-,8+/m1/s1. The minimum absolute atomic E-state index is 0.0673. The molecule has 2 aliphatic rings. The van der Waals surface area contributed by atoms with Crippen LogP contribution in [0.3, 0.4) is 0 Å². The Morgan fingerprint density at radius 2 is 1.74 bits per heavy atom. The van der Waals surface area contributed by atoms with Crippen LogP contribution in [0.2, 0.25) is 0 Å². The quantitative estimate of drug-likeness (QED) is 0.785. The second kappa shape index (κ2) is 4.92. The number of hydrogen-bond donors (Lipinski definition) is 2. The second-order valence-corrected chi connectivity index (χ2v) is 5.07. The molecule has 2 atom stereocenters. The monoisotopic (exact) mass is 278 g/mol. The molecule has 0 spiro atoms. The third-order valence-electron chi connectivity index (χ3n) is 3.86. The maximum absolute atomic E-state index is 13.0. The number of amides is 1. The van der Waals surface area contributed by atoms with Gasteiger partial charge in [-0.2, -0.15) is 0 Å². The SMILES string of the molecule is O=C(O)[C@@H]1C[C@@H](N2CCC(F)(F)CC2)CN1C(=O)O. The number of hydrogen-bond acceptors (Lipinski definition) is 3. The third kappa shape index (κ3) is 2.94. The fraction of sp³-hybridized carbons (Fsp3) is 0.818. The first kappa shape index (κ1) is 14.0. The van der Waals surface area contributed by atoms with Gasteiger partial charge < -0.3 is 10.2 Å².